The molecule has 1 aromatic heterocycles. The second-order valence-electron chi connectivity index (χ2n) is 4.82. The lowest BCUT2D eigenvalue weighted by molar-refractivity contribution is 0.326. The van der Waals surface area contributed by atoms with Crippen molar-refractivity contribution in [3.8, 4) is 0 Å². The van der Waals surface area contributed by atoms with E-state index in [1.807, 2.05) is 6.20 Å². The molecule has 0 aliphatic carbocycles. The molecule has 1 aliphatic heterocycles. The van der Waals surface area contributed by atoms with Gasteiger partial charge in [-0.2, -0.15) is 0 Å². The molecule has 0 aromatic carbocycles. The summed E-state index contributed by atoms with van der Waals surface area (Å²) < 4.78 is 0. The van der Waals surface area contributed by atoms with Crippen molar-refractivity contribution in [3.63, 3.8) is 0 Å². The largest absolute Gasteiger partial charge is 0.360 e. The summed E-state index contributed by atoms with van der Waals surface area (Å²) in [6.45, 7) is 6.19. The predicted molar refractivity (Wildman–Crippen MR) is 78.3 cm³/mol. The molecule has 0 bridgehead atoms. The summed E-state index contributed by atoms with van der Waals surface area (Å²) in [5.74, 6) is 1.04. The van der Waals surface area contributed by atoms with Gasteiger partial charge in [0.25, 0.3) is 0 Å². The molecule has 1 saturated heterocycles. The van der Waals surface area contributed by atoms with Crippen LogP contribution in [0.25, 0.3) is 0 Å². The quantitative estimate of drug-likeness (QED) is 0.901. The van der Waals surface area contributed by atoms with Crippen molar-refractivity contribution in [2.75, 3.05) is 31.6 Å². The Kier molecular flexibility index (Phi) is 5.85. The monoisotopic (exact) mass is 270 g/mol. The number of anilines is 1. The number of likely N-dealkylation sites (tertiary alicyclic amines) is 1. The van der Waals surface area contributed by atoms with Crippen LogP contribution < -0.4 is 10.6 Å². The normalized spacial score (nSPS) is 19.6. The van der Waals surface area contributed by atoms with Gasteiger partial charge in [-0.25, -0.2) is 4.98 Å². The van der Waals surface area contributed by atoms with Gasteiger partial charge >= 0.3 is 0 Å². The second-order valence-corrected chi connectivity index (χ2v) is 4.82. The molecule has 1 atom stereocenters. The van der Waals surface area contributed by atoms with Gasteiger partial charge in [-0.3, -0.25) is 4.90 Å². The number of hydrogen-bond acceptors (Lipinski definition) is 4. The minimum atomic E-state index is 0. The van der Waals surface area contributed by atoms with Gasteiger partial charge in [0.05, 0.1) is 0 Å². The molecule has 1 fully saturated rings. The molecule has 0 radical (unpaired) electrons. The Hall–Kier alpha value is -0.840. The average molecular weight is 271 g/mol. The molecule has 2 heterocycles. The Balaban J connectivity index is 0.00000162. The van der Waals surface area contributed by atoms with E-state index >= 15 is 0 Å². The van der Waals surface area contributed by atoms with Crippen molar-refractivity contribution in [2.45, 2.75) is 25.9 Å². The summed E-state index contributed by atoms with van der Waals surface area (Å²) in [5, 5.41) is 0. The molecular formula is C13H23ClN4. The molecule has 0 spiro atoms. The Morgan fingerprint density at radius 1 is 1.50 bits per heavy atom. The maximum atomic E-state index is 5.90. The van der Waals surface area contributed by atoms with Crippen LogP contribution >= 0.6 is 12.4 Å². The van der Waals surface area contributed by atoms with Crippen LogP contribution in [0.1, 0.15) is 18.9 Å². The van der Waals surface area contributed by atoms with Crippen LogP contribution in [0.15, 0.2) is 18.3 Å². The average Bonchev–Trinajstić information content (AvgIpc) is 2.75. The summed E-state index contributed by atoms with van der Waals surface area (Å²) in [5.41, 5.74) is 7.17. The summed E-state index contributed by atoms with van der Waals surface area (Å²) in [6, 6.07) is 4.61. The van der Waals surface area contributed by atoms with Gasteiger partial charge in [-0.05, 0) is 25.0 Å². The highest BCUT2D eigenvalue weighted by atomic mass is 35.5. The zero-order valence-electron chi connectivity index (χ0n) is 11.2. The number of aromatic nitrogens is 1. The fraction of sp³-hybridized carbons (Fsp3) is 0.615. The maximum Gasteiger partial charge on any atom is 0.128 e. The highest BCUT2D eigenvalue weighted by Crippen LogP contribution is 2.14. The lowest BCUT2D eigenvalue weighted by Gasteiger charge is -2.17. The lowest BCUT2D eigenvalue weighted by atomic mass is 10.2. The van der Waals surface area contributed by atoms with Gasteiger partial charge in [-0.1, -0.05) is 6.07 Å². The zero-order chi connectivity index (χ0) is 12.3. The molecule has 0 unspecified atom stereocenters. The van der Waals surface area contributed by atoms with Crippen molar-refractivity contribution in [1.82, 2.24) is 9.88 Å². The van der Waals surface area contributed by atoms with Gasteiger partial charge in [0.15, 0.2) is 0 Å². The summed E-state index contributed by atoms with van der Waals surface area (Å²) in [4.78, 5) is 9.01. The minimum absolute atomic E-state index is 0. The van der Waals surface area contributed by atoms with Crippen molar-refractivity contribution in [2.24, 2.45) is 5.73 Å². The van der Waals surface area contributed by atoms with E-state index in [2.05, 4.69) is 40.9 Å². The number of rotatable bonds is 4. The van der Waals surface area contributed by atoms with Gasteiger partial charge in [0.2, 0.25) is 0 Å². The van der Waals surface area contributed by atoms with Gasteiger partial charge in [0, 0.05) is 45.5 Å². The van der Waals surface area contributed by atoms with E-state index < -0.39 is 0 Å². The molecule has 0 saturated carbocycles. The smallest absolute Gasteiger partial charge is 0.128 e. The predicted octanol–water partition coefficient (Wildman–Crippen LogP) is 1.49. The molecule has 2 N–H and O–H groups in total. The second kappa shape index (κ2) is 6.92. The molecular weight excluding hydrogens is 248 g/mol. The first-order chi connectivity index (χ1) is 8.19. The number of nitrogens with two attached hydrogens (primary N) is 1. The van der Waals surface area contributed by atoms with E-state index in [1.165, 1.54) is 5.56 Å². The summed E-state index contributed by atoms with van der Waals surface area (Å²) >= 11 is 0. The fourth-order valence-corrected chi connectivity index (χ4v) is 2.16. The van der Waals surface area contributed by atoms with E-state index in [4.69, 9.17) is 5.73 Å². The van der Waals surface area contributed by atoms with Crippen LogP contribution in [0.5, 0.6) is 0 Å². The van der Waals surface area contributed by atoms with Gasteiger partial charge in [0.1, 0.15) is 5.82 Å². The molecule has 5 heteroatoms. The zero-order valence-corrected chi connectivity index (χ0v) is 12.0. The van der Waals surface area contributed by atoms with E-state index in [-0.39, 0.29) is 12.4 Å². The molecule has 4 nitrogen and oxygen atoms in total. The van der Waals surface area contributed by atoms with E-state index in [0.717, 1.165) is 38.4 Å². The van der Waals surface area contributed by atoms with Crippen LogP contribution in [0, 0.1) is 0 Å². The van der Waals surface area contributed by atoms with E-state index in [0.29, 0.717) is 6.04 Å². The topological polar surface area (TPSA) is 45.4 Å². The Labute approximate surface area is 116 Å². The number of pyridine rings is 1. The molecule has 102 valence electrons. The first-order valence-corrected chi connectivity index (χ1v) is 6.33. The van der Waals surface area contributed by atoms with E-state index in [9.17, 15) is 0 Å². The van der Waals surface area contributed by atoms with Crippen molar-refractivity contribution in [3.05, 3.63) is 23.9 Å². The molecule has 0 amide bonds. The summed E-state index contributed by atoms with van der Waals surface area (Å²) in [7, 11) is 2.06. The fourth-order valence-electron chi connectivity index (χ4n) is 2.16. The highest BCUT2D eigenvalue weighted by Gasteiger charge is 2.18. The molecule has 1 aliphatic rings. The van der Waals surface area contributed by atoms with Crippen molar-refractivity contribution >= 4 is 18.2 Å². The first kappa shape index (κ1) is 15.2. The molecule has 2 rings (SSSR count). The Morgan fingerprint density at radius 2 is 2.28 bits per heavy atom. The minimum Gasteiger partial charge on any atom is -0.360 e. The van der Waals surface area contributed by atoms with Crippen LogP contribution in [-0.2, 0) is 6.54 Å². The SMILES string of the molecule is CCN(C)c1ccc(CN2CC[C@H](N)C2)cn1.Cl. The maximum absolute atomic E-state index is 5.90. The molecule has 1 aromatic rings. The standard InChI is InChI=1S/C13H22N4.ClH/c1-3-16(2)13-5-4-11(8-15-13)9-17-7-6-12(14)10-17;/h4-5,8,12H,3,6-7,9-10,14H2,1-2H3;1H/t12-;/m0./s1. The first-order valence-electron chi connectivity index (χ1n) is 6.33. The van der Waals surface area contributed by atoms with Gasteiger partial charge < -0.3 is 10.6 Å². The Bertz CT molecular complexity index is 355. The lowest BCUT2D eigenvalue weighted by Crippen LogP contribution is -2.26. The molecule has 18 heavy (non-hydrogen) atoms. The van der Waals surface area contributed by atoms with Crippen molar-refractivity contribution < 1.29 is 0 Å². The van der Waals surface area contributed by atoms with Crippen LogP contribution in [0.3, 0.4) is 0 Å². The third-order valence-corrected chi connectivity index (χ3v) is 3.39. The number of hydrogen-bond donors (Lipinski definition) is 1. The number of nitrogens with zero attached hydrogens (tertiary/aromatic N) is 3. The summed E-state index contributed by atoms with van der Waals surface area (Å²) in [6.07, 6.45) is 3.09. The van der Waals surface area contributed by atoms with Gasteiger partial charge in [-0.15, -0.1) is 12.4 Å². The highest BCUT2D eigenvalue weighted by molar-refractivity contribution is 5.85. The van der Waals surface area contributed by atoms with Crippen molar-refractivity contribution in [1.29, 1.82) is 0 Å². The third kappa shape index (κ3) is 3.83. The van der Waals surface area contributed by atoms with Crippen LogP contribution in [-0.4, -0.2) is 42.6 Å². The van der Waals surface area contributed by atoms with E-state index in [1.54, 1.807) is 0 Å². The van der Waals surface area contributed by atoms with Crippen LogP contribution in [0.4, 0.5) is 5.82 Å². The Morgan fingerprint density at radius 3 is 2.78 bits per heavy atom. The number of halogens is 1. The third-order valence-electron chi connectivity index (χ3n) is 3.39. The van der Waals surface area contributed by atoms with Crippen LogP contribution in [0.2, 0.25) is 0 Å².